The second-order valence-electron chi connectivity index (χ2n) is 6.53. The number of amides is 1. The minimum atomic E-state index is -3.14. The number of carbonyl (C=O) groups is 1. The van der Waals surface area contributed by atoms with Crippen molar-refractivity contribution in [3.8, 4) is 6.01 Å². The van der Waals surface area contributed by atoms with Crippen LogP contribution in [-0.2, 0) is 5.66 Å². The van der Waals surface area contributed by atoms with Crippen molar-refractivity contribution >= 4 is 33.8 Å². The molecule has 1 heterocycles. The van der Waals surface area contributed by atoms with Gasteiger partial charge in [0, 0.05) is 31.9 Å². The number of alkyl halides is 2. The van der Waals surface area contributed by atoms with Crippen LogP contribution in [0.2, 0.25) is 0 Å². The number of carbonyl (C=O) groups excluding carboxylic acids is 1. The summed E-state index contributed by atoms with van der Waals surface area (Å²) in [4.78, 5) is 22.1. The molecule has 0 saturated heterocycles. The molecule has 2 rings (SSSR count). The maximum Gasteiger partial charge on any atom is 0.316 e. The second-order valence-corrected chi connectivity index (χ2v) is 7.26. The minimum Gasteiger partial charge on any atom is -0.462 e. The molecule has 0 radical (unpaired) electrons. The summed E-state index contributed by atoms with van der Waals surface area (Å²) in [5.41, 5.74) is -2.69. The minimum absolute atomic E-state index is 0.00361. The summed E-state index contributed by atoms with van der Waals surface area (Å²) in [5.74, 6) is -1.04. The fourth-order valence-corrected chi connectivity index (χ4v) is 2.97. The van der Waals surface area contributed by atoms with Gasteiger partial charge in [0.25, 0.3) is 11.6 Å². The number of likely N-dealkylation sites (N-methyl/N-ethyl adjacent to an activating group) is 1. The third kappa shape index (κ3) is 6.23. The van der Waals surface area contributed by atoms with Crippen LogP contribution in [0.15, 0.2) is 34.7 Å². The molecular formula is C20H24F3N6O2P. The van der Waals surface area contributed by atoms with Crippen LogP contribution in [0, 0.1) is 12.7 Å². The van der Waals surface area contributed by atoms with Crippen LogP contribution in [0.4, 0.5) is 18.9 Å². The first-order chi connectivity index (χ1) is 15.1. The molecular weight excluding hydrogens is 444 g/mol. The van der Waals surface area contributed by atoms with Gasteiger partial charge in [0.15, 0.2) is 0 Å². The van der Waals surface area contributed by atoms with Crippen LogP contribution in [0.3, 0.4) is 0 Å². The lowest BCUT2D eigenvalue weighted by Gasteiger charge is -2.24. The lowest BCUT2D eigenvalue weighted by Crippen LogP contribution is -2.35. The SMILES string of the molecule is C=NN(/N=C\C)c1c(C)cc(F)cc1C(=O)N(CC)CCOc1ncc(C(F)(F)P)cn1. The van der Waals surface area contributed by atoms with Crippen molar-refractivity contribution in [2.45, 2.75) is 26.4 Å². The van der Waals surface area contributed by atoms with E-state index in [1.54, 1.807) is 20.8 Å². The highest BCUT2D eigenvalue weighted by Gasteiger charge is 2.26. The van der Waals surface area contributed by atoms with E-state index in [0.717, 1.165) is 23.6 Å². The molecule has 1 aromatic heterocycles. The topological polar surface area (TPSA) is 83.3 Å². The number of ether oxygens (including phenoxy) is 1. The molecule has 0 aliphatic rings. The molecule has 12 heteroatoms. The van der Waals surface area contributed by atoms with Crippen LogP contribution in [0.1, 0.15) is 35.3 Å². The fraction of sp³-hybridized carbons (Fsp3) is 0.350. The van der Waals surface area contributed by atoms with Gasteiger partial charge in [-0.3, -0.25) is 4.79 Å². The van der Waals surface area contributed by atoms with Gasteiger partial charge in [-0.05, 0) is 38.5 Å². The van der Waals surface area contributed by atoms with Crippen LogP contribution in [-0.4, -0.2) is 53.4 Å². The number of aryl methyl sites for hydroxylation is 1. The van der Waals surface area contributed by atoms with E-state index in [2.05, 4.69) is 26.9 Å². The Morgan fingerprint density at radius 3 is 2.53 bits per heavy atom. The third-order valence-electron chi connectivity index (χ3n) is 4.33. The molecule has 1 unspecified atom stereocenters. The molecule has 1 aromatic carbocycles. The summed E-state index contributed by atoms with van der Waals surface area (Å²) in [5, 5.41) is 8.99. The lowest BCUT2D eigenvalue weighted by molar-refractivity contribution is 0.0735. The average Bonchev–Trinajstić information content (AvgIpc) is 2.74. The predicted octanol–water partition coefficient (Wildman–Crippen LogP) is 3.82. The summed E-state index contributed by atoms with van der Waals surface area (Å²) in [7, 11) is 1.40. The standard InChI is InChI=1S/C20H24F3N6O2P/c1-5-27-29(24-4)17-13(3)9-15(21)10-16(17)18(30)28(6-2)7-8-31-19-25-11-14(12-26-19)20(22,23)32/h5,9-12H,4,6-8,32H2,1-3H3/b27-5-. The van der Waals surface area contributed by atoms with E-state index in [-0.39, 0.29) is 30.3 Å². The van der Waals surface area contributed by atoms with Gasteiger partial charge in [0.05, 0.1) is 17.7 Å². The van der Waals surface area contributed by atoms with Gasteiger partial charge >= 0.3 is 6.01 Å². The van der Waals surface area contributed by atoms with Crippen molar-refractivity contribution in [1.29, 1.82) is 0 Å². The Labute approximate surface area is 186 Å². The van der Waals surface area contributed by atoms with E-state index >= 15 is 0 Å². The monoisotopic (exact) mass is 468 g/mol. The number of hydrogen-bond acceptors (Lipinski definition) is 7. The van der Waals surface area contributed by atoms with Gasteiger partial charge in [-0.25, -0.2) is 14.4 Å². The third-order valence-corrected chi connectivity index (χ3v) is 4.66. The average molecular weight is 468 g/mol. The van der Waals surface area contributed by atoms with Crippen LogP contribution in [0.5, 0.6) is 6.01 Å². The Kier molecular flexibility index (Phi) is 8.65. The van der Waals surface area contributed by atoms with E-state index in [0.29, 0.717) is 17.8 Å². The summed E-state index contributed by atoms with van der Waals surface area (Å²) < 4.78 is 45.9. The smallest absolute Gasteiger partial charge is 0.316 e. The number of rotatable bonds is 10. The first-order valence-corrected chi connectivity index (χ1v) is 10.2. The maximum atomic E-state index is 14.1. The highest BCUT2D eigenvalue weighted by atomic mass is 31.0. The molecule has 0 fully saturated rings. The Bertz CT molecular complexity index is 983. The van der Waals surface area contributed by atoms with Gasteiger partial charge in [0.2, 0.25) is 0 Å². The summed E-state index contributed by atoms with van der Waals surface area (Å²) >= 11 is 0. The number of nitrogens with zero attached hydrogens (tertiary/aromatic N) is 6. The van der Waals surface area contributed by atoms with Crippen molar-refractivity contribution in [3.63, 3.8) is 0 Å². The summed E-state index contributed by atoms with van der Waals surface area (Å²) in [6, 6.07) is 2.28. The van der Waals surface area contributed by atoms with E-state index in [1.807, 2.05) is 0 Å². The first kappa shape index (κ1) is 25.2. The zero-order valence-corrected chi connectivity index (χ0v) is 19.1. The lowest BCUT2D eigenvalue weighted by atomic mass is 10.1. The normalized spacial score (nSPS) is 11.5. The number of hydrazone groups is 2. The number of anilines is 1. The van der Waals surface area contributed by atoms with Crippen LogP contribution in [0.25, 0.3) is 0 Å². The van der Waals surface area contributed by atoms with E-state index in [1.165, 1.54) is 26.4 Å². The molecule has 0 N–H and O–H groups in total. The number of hydrogen-bond donors (Lipinski definition) is 0. The van der Waals surface area contributed by atoms with E-state index in [9.17, 15) is 18.0 Å². The Balaban J connectivity index is 2.18. The Morgan fingerprint density at radius 2 is 2.00 bits per heavy atom. The molecule has 1 amide bonds. The number of benzene rings is 1. The van der Waals surface area contributed by atoms with Crippen molar-refractivity contribution in [2.75, 3.05) is 24.8 Å². The predicted molar refractivity (Wildman–Crippen MR) is 120 cm³/mol. The maximum absolute atomic E-state index is 14.1. The van der Waals surface area contributed by atoms with E-state index < -0.39 is 17.4 Å². The molecule has 0 aliphatic carbocycles. The molecule has 0 spiro atoms. The van der Waals surface area contributed by atoms with Gasteiger partial charge in [-0.2, -0.15) is 24.1 Å². The molecule has 1 atom stereocenters. The molecule has 8 nitrogen and oxygen atoms in total. The molecule has 0 saturated carbocycles. The molecule has 0 aliphatic heterocycles. The molecule has 0 bridgehead atoms. The van der Waals surface area contributed by atoms with Crippen LogP contribution < -0.4 is 9.85 Å². The fourth-order valence-electron chi connectivity index (χ4n) is 2.82. The number of halogens is 3. The zero-order chi connectivity index (χ0) is 23.9. The first-order valence-electron chi connectivity index (χ1n) is 9.59. The van der Waals surface area contributed by atoms with Gasteiger partial charge in [0.1, 0.15) is 18.1 Å². The van der Waals surface area contributed by atoms with Crippen molar-refractivity contribution in [2.24, 2.45) is 10.2 Å². The highest BCUT2D eigenvalue weighted by molar-refractivity contribution is 7.17. The van der Waals surface area contributed by atoms with Gasteiger partial charge in [-0.1, -0.05) is 9.24 Å². The quantitative estimate of drug-likeness (QED) is 0.301. The molecule has 32 heavy (non-hydrogen) atoms. The van der Waals surface area contributed by atoms with Crippen molar-refractivity contribution in [1.82, 2.24) is 14.9 Å². The summed E-state index contributed by atoms with van der Waals surface area (Å²) in [6.07, 6.45) is 3.39. The van der Waals surface area contributed by atoms with Crippen LogP contribution >= 0.6 is 9.24 Å². The molecule has 172 valence electrons. The van der Waals surface area contributed by atoms with Crippen molar-refractivity contribution in [3.05, 3.63) is 47.0 Å². The van der Waals surface area contributed by atoms with Crippen molar-refractivity contribution < 1.29 is 22.7 Å². The summed E-state index contributed by atoms with van der Waals surface area (Å²) in [6.45, 7) is 8.93. The Hall–Kier alpha value is -3.07. The highest BCUT2D eigenvalue weighted by Crippen LogP contribution is 2.34. The largest absolute Gasteiger partial charge is 0.462 e. The zero-order valence-electron chi connectivity index (χ0n) is 17.9. The van der Waals surface area contributed by atoms with E-state index in [4.69, 9.17) is 4.74 Å². The Morgan fingerprint density at radius 1 is 1.34 bits per heavy atom. The number of aromatic nitrogens is 2. The van der Waals surface area contributed by atoms with Gasteiger partial charge in [-0.15, -0.1) is 0 Å². The molecule has 2 aromatic rings. The second kappa shape index (κ2) is 11.0. The van der Waals surface area contributed by atoms with Gasteiger partial charge < -0.3 is 9.64 Å².